The summed E-state index contributed by atoms with van der Waals surface area (Å²) < 4.78 is 0. The molecule has 0 radical (unpaired) electrons. The number of hydrogen-bond donors (Lipinski definition) is 0. The van der Waals surface area contributed by atoms with Crippen LogP contribution in [0.1, 0.15) is 22.8 Å². The molecule has 15 heavy (non-hydrogen) atoms. The number of allylic oxidation sites excluding steroid dienone is 5. The van der Waals surface area contributed by atoms with Crippen LogP contribution in [0.3, 0.4) is 0 Å². The van der Waals surface area contributed by atoms with Gasteiger partial charge in [-0.2, -0.15) is 0 Å². The van der Waals surface area contributed by atoms with Gasteiger partial charge in [0.25, 0.3) is 0 Å². The van der Waals surface area contributed by atoms with Gasteiger partial charge in [0, 0.05) is 11.1 Å². The van der Waals surface area contributed by atoms with Crippen molar-refractivity contribution in [3.8, 4) is 0 Å². The molecule has 1 aromatic carbocycles. The summed E-state index contributed by atoms with van der Waals surface area (Å²) in [7, 11) is 0. The van der Waals surface area contributed by atoms with Crippen molar-refractivity contribution >= 4 is 11.4 Å². The van der Waals surface area contributed by atoms with Gasteiger partial charge >= 0.3 is 0 Å². The molecular formula is C14H12O. The Kier molecular flexibility index (Phi) is 2.38. The Morgan fingerprint density at radius 1 is 1.20 bits per heavy atom. The van der Waals surface area contributed by atoms with Crippen LogP contribution in [0.15, 0.2) is 54.6 Å². The first kappa shape index (κ1) is 9.66. The zero-order chi connectivity index (χ0) is 10.8. The lowest BCUT2D eigenvalue weighted by atomic mass is 10.1. The minimum atomic E-state index is 0.0429. The van der Waals surface area contributed by atoms with Crippen molar-refractivity contribution in [2.45, 2.75) is 6.92 Å². The van der Waals surface area contributed by atoms with Gasteiger partial charge in [-0.05, 0) is 18.1 Å². The van der Waals surface area contributed by atoms with Crippen molar-refractivity contribution in [2.24, 2.45) is 0 Å². The smallest absolute Gasteiger partial charge is 0.193 e. The topological polar surface area (TPSA) is 17.1 Å². The second-order valence-electron chi connectivity index (χ2n) is 3.46. The number of hydrogen-bond acceptors (Lipinski definition) is 1. The van der Waals surface area contributed by atoms with E-state index in [0.29, 0.717) is 5.57 Å². The van der Waals surface area contributed by atoms with E-state index in [1.807, 2.05) is 49.4 Å². The molecule has 0 spiro atoms. The summed E-state index contributed by atoms with van der Waals surface area (Å²) >= 11 is 0. The van der Waals surface area contributed by atoms with Gasteiger partial charge in [-0.25, -0.2) is 0 Å². The van der Waals surface area contributed by atoms with Crippen LogP contribution in [0.5, 0.6) is 0 Å². The first-order chi connectivity index (χ1) is 7.25. The van der Waals surface area contributed by atoms with Crippen molar-refractivity contribution in [3.63, 3.8) is 0 Å². The second-order valence-corrected chi connectivity index (χ2v) is 3.46. The maximum atomic E-state index is 11.8. The van der Waals surface area contributed by atoms with Crippen LogP contribution in [0.4, 0.5) is 0 Å². The van der Waals surface area contributed by atoms with Crippen molar-refractivity contribution in [3.05, 3.63) is 65.8 Å². The third kappa shape index (κ3) is 1.46. The van der Waals surface area contributed by atoms with Crippen LogP contribution in [0, 0.1) is 0 Å². The quantitative estimate of drug-likeness (QED) is 0.629. The van der Waals surface area contributed by atoms with Gasteiger partial charge in [-0.3, -0.25) is 4.79 Å². The highest BCUT2D eigenvalue weighted by atomic mass is 16.1. The molecule has 0 saturated carbocycles. The van der Waals surface area contributed by atoms with E-state index in [2.05, 4.69) is 6.58 Å². The van der Waals surface area contributed by atoms with Crippen molar-refractivity contribution in [2.75, 3.05) is 0 Å². The predicted molar refractivity (Wildman–Crippen MR) is 62.7 cm³/mol. The van der Waals surface area contributed by atoms with Crippen molar-refractivity contribution in [1.82, 2.24) is 0 Å². The molecule has 0 saturated heterocycles. The highest BCUT2D eigenvalue weighted by molar-refractivity contribution is 6.26. The van der Waals surface area contributed by atoms with E-state index in [1.54, 1.807) is 0 Å². The summed E-state index contributed by atoms with van der Waals surface area (Å²) in [5.74, 6) is 0.0429. The van der Waals surface area contributed by atoms with Crippen LogP contribution in [-0.2, 0) is 0 Å². The summed E-state index contributed by atoms with van der Waals surface area (Å²) in [4.78, 5) is 11.8. The average molecular weight is 196 g/mol. The molecule has 0 unspecified atom stereocenters. The third-order valence-corrected chi connectivity index (χ3v) is 2.52. The number of carbonyl (C=O) groups is 1. The Morgan fingerprint density at radius 3 is 2.53 bits per heavy atom. The number of carbonyl (C=O) groups excluding carboxylic acids is 1. The zero-order valence-electron chi connectivity index (χ0n) is 8.66. The van der Waals surface area contributed by atoms with Gasteiger partial charge < -0.3 is 0 Å². The monoisotopic (exact) mass is 196 g/mol. The third-order valence-electron chi connectivity index (χ3n) is 2.52. The molecule has 0 fully saturated rings. The Morgan fingerprint density at radius 2 is 1.87 bits per heavy atom. The summed E-state index contributed by atoms with van der Waals surface area (Å²) in [5.41, 5.74) is 3.28. The van der Waals surface area contributed by atoms with Crippen LogP contribution < -0.4 is 0 Å². The summed E-state index contributed by atoms with van der Waals surface area (Å²) in [5, 5.41) is 0. The van der Waals surface area contributed by atoms with E-state index in [4.69, 9.17) is 0 Å². The lowest BCUT2D eigenvalue weighted by Gasteiger charge is -1.97. The van der Waals surface area contributed by atoms with Crippen molar-refractivity contribution < 1.29 is 4.79 Å². The van der Waals surface area contributed by atoms with Crippen LogP contribution in [-0.4, -0.2) is 5.78 Å². The SMILES string of the molecule is C=C1C(=O)c2ccccc2/C1=C/C=C\C. The molecule has 0 heterocycles. The summed E-state index contributed by atoms with van der Waals surface area (Å²) in [6.45, 7) is 5.78. The normalized spacial score (nSPS) is 17.8. The van der Waals surface area contributed by atoms with Crippen LogP contribution in [0.25, 0.3) is 5.57 Å². The standard InChI is InChI=1S/C14H12O/c1-3-4-7-11-10(2)14(15)13-9-6-5-8-12(11)13/h3-9H,2H2,1H3/b4-3-,11-7+. The lowest BCUT2D eigenvalue weighted by molar-refractivity contribution is 0.104. The van der Waals surface area contributed by atoms with Crippen LogP contribution >= 0.6 is 0 Å². The fourth-order valence-corrected chi connectivity index (χ4v) is 1.75. The molecule has 1 heteroatoms. The molecule has 74 valence electrons. The molecule has 0 atom stereocenters. The average Bonchev–Trinajstić information content (AvgIpc) is 2.51. The minimum absolute atomic E-state index is 0.0429. The zero-order valence-corrected chi connectivity index (χ0v) is 8.66. The highest BCUT2D eigenvalue weighted by Gasteiger charge is 2.26. The molecule has 1 nitrogen and oxygen atoms in total. The van der Waals surface area contributed by atoms with Gasteiger partial charge in [0.15, 0.2) is 5.78 Å². The minimum Gasteiger partial charge on any atom is -0.289 e. The molecule has 0 aliphatic heterocycles. The molecule has 0 amide bonds. The molecule has 0 N–H and O–H groups in total. The molecule has 1 aliphatic carbocycles. The lowest BCUT2D eigenvalue weighted by Crippen LogP contribution is -1.92. The van der Waals surface area contributed by atoms with Gasteiger partial charge in [0.1, 0.15) is 0 Å². The molecule has 1 aliphatic rings. The number of rotatable bonds is 1. The van der Waals surface area contributed by atoms with E-state index in [-0.39, 0.29) is 5.78 Å². The molecule has 1 aromatic rings. The Bertz CT molecular complexity index is 490. The fourth-order valence-electron chi connectivity index (χ4n) is 1.75. The molecule has 0 bridgehead atoms. The number of ketones is 1. The predicted octanol–water partition coefficient (Wildman–Crippen LogP) is 3.40. The van der Waals surface area contributed by atoms with E-state index in [1.165, 1.54) is 0 Å². The van der Waals surface area contributed by atoms with Crippen molar-refractivity contribution in [1.29, 1.82) is 0 Å². The van der Waals surface area contributed by atoms with Gasteiger partial charge in [-0.15, -0.1) is 0 Å². The summed E-state index contributed by atoms with van der Waals surface area (Å²) in [6.07, 6.45) is 5.80. The largest absolute Gasteiger partial charge is 0.289 e. The Labute approximate surface area is 89.4 Å². The van der Waals surface area contributed by atoms with Gasteiger partial charge in [0.2, 0.25) is 0 Å². The van der Waals surface area contributed by atoms with E-state index >= 15 is 0 Å². The van der Waals surface area contributed by atoms with E-state index in [0.717, 1.165) is 16.7 Å². The highest BCUT2D eigenvalue weighted by Crippen LogP contribution is 2.35. The Hall–Kier alpha value is -1.89. The molecule has 2 rings (SSSR count). The summed E-state index contributed by atoms with van der Waals surface area (Å²) in [6, 6.07) is 7.62. The number of fused-ring (bicyclic) bond motifs is 1. The first-order valence-electron chi connectivity index (χ1n) is 4.92. The first-order valence-corrected chi connectivity index (χ1v) is 4.92. The maximum Gasteiger partial charge on any atom is 0.193 e. The Balaban J connectivity index is 2.61. The van der Waals surface area contributed by atoms with Gasteiger partial charge in [-0.1, -0.05) is 49.1 Å². The number of Topliss-reactive ketones (excluding diaryl/α,β-unsaturated/α-hetero) is 1. The molecular weight excluding hydrogens is 184 g/mol. The van der Waals surface area contributed by atoms with E-state index < -0.39 is 0 Å². The second kappa shape index (κ2) is 3.70. The van der Waals surface area contributed by atoms with Gasteiger partial charge in [0.05, 0.1) is 0 Å². The van der Waals surface area contributed by atoms with Crippen LogP contribution in [0.2, 0.25) is 0 Å². The fraction of sp³-hybridized carbons (Fsp3) is 0.0714. The molecule has 0 aromatic heterocycles. The maximum absolute atomic E-state index is 11.8. The number of benzene rings is 1. The van der Waals surface area contributed by atoms with E-state index in [9.17, 15) is 4.79 Å².